The topological polar surface area (TPSA) is 38.3 Å². The fourth-order valence-electron chi connectivity index (χ4n) is 3.31. The number of unbranched alkanes of at least 4 members (excludes halogenated alkanes) is 14. The van der Waals surface area contributed by atoms with Gasteiger partial charge >= 0.3 is 6.09 Å². The summed E-state index contributed by atoms with van der Waals surface area (Å²) in [4.78, 5) is 11.4. The van der Waals surface area contributed by atoms with Crippen LogP contribution in [0.15, 0.2) is 12.7 Å². The molecule has 0 rings (SSSR count). The maximum Gasteiger partial charge on any atom is 0.407 e. The number of alkyl carbamates (subject to hydrolysis) is 1. The van der Waals surface area contributed by atoms with Gasteiger partial charge in [-0.2, -0.15) is 0 Å². The summed E-state index contributed by atoms with van der Waals surface area (Å²) in [5.74, 6) is 0. The molecule has 0 heterocycles. The van der Waals surface area contributed by atoms with Crippen molar-refractivity contribution in [1.29, 1.82) is 0 Å². The molecule has 1 amide bonds. The van der Waals surface area contributed by atoms with E-state index in [2.05, 4.69) is 18.8 Å². The lowest BCUT2D eigenvalue weighted by molar-refractivity contribution is 0.149. The first-order valence-electron chi connectivity index (χ1n) is 11.3. The quantitative estimate of drug-likeness (QED) is 0.189. The summed E-state index contributed by atoms with van der Waals surface area (Å²) in [7, 11) is 0. The van der Waals surface area contributed by atoms with Crippen LogP contribution in [-0.2, 0) is 4.74 Å². The predicted octanol–water partition coefficient (Wildman–Crippen LogP) is 7.55. The molecule has 1 atom stereocenters. The maximum absolute atomic E-state index is 11.4. The summed E-state index contributed by atoms with van der Waals surface area (Å²) in [6, 6.07) is 0.0380. The first-order chi connectivity index (χ1) is 12.7. The number of rotatable bonds is 19. The van der Waals surface area contributed by atoms with Crippen molar-refractivity contribution in [2.24, 2.45) is 0 Å². The van der Waals surface area contributed by atoms with Crippen molar-refractivity contribution in [3.8, 4) is 0 Å². The smallest absolute Gasteiger partial charge is 0.407 e. The monoisotopic (exact) mass is 367 g/mol. The highest BCUT2D eigenvalue weighted by Crippen LogP contribution is 2.14. The van der Waals surface area contributed by atoms with Crippen LogP contribution in [0, 0.1) is 0 Å². The highest BCUT2D eigenvalue weighted by Gasteiger charge is 2.08. The van der Waals surface area contributed by atoms with Gasteiger partial charge in [0.15, 0.2) is 0 Å². The lowest BCUT2D eigenvalue weighted by atomic mass is 10.0. The van der Waals surface area contributed by atoms with E-state index in [1.807, 2.05) is 6.92 Å². The van der Waals surface area contributed by atoms with Crippen LogP contribution < -0.4 is 5.32 Å². The summed E-state index contributed by atoms with van der Waals surface area (Å²) < 4.78 is 4.91. The third-order valence-corrected chi connectivity index (χ3v) is 4.98. The molecular formula is C23H45NO2. The number of amides is 1. The van der Waals surface area contributed by atoms with Gasteiger partial charge in [0.1, 0.15) is 0 Å². The van der Waals surface area contributed by atoms with E-state index in [4.69, 9.17) is 4.74 Å². The first kappa shape index (κ1) is 25.0. The number of hydrogen-bond acceptors (Lipinski definition) is 2. The Bertz CT molecular complexity index is 317. The summed E-state index contributed by atoms with van der Waals surface area (Å²) >= 11 is 0. The van der Waals surface area contributed by atoms with Gasteiger partial charge in [0.2, 0.25) is 0 Å². The Morgan fingerprint density at radius 1 is 0.808 bits per heavy atom. The predicted molar refractivity (Wildman–Crippen MR) is 114 cm³/mol. The van der Waals surface area contributed by atoms with Crippen LogP contribution in [-0.4, -0.2) is 18.7 Å². The third-order valence-electron chi connectivity index (χ3n) is 4.98. The van der Waals surface area contributed by atoms with E-state index >= 15 is 0 Å². The molecule has 0 aromatic heterocycles. The minimum Gasteiger partial charge on any atom is -0.450 e. The Labute approximate surface area is 163 Å². The second kappa shape index (κ2) is 20.3. The van der Waals surface area contributed by atoms with Gasteiger partial charge in [-0.3, -0.25) is 0 Å². The van der Waals surface area contributed by atoms with Crippen LogP contribution in [0.1, 0.15) is 117 Å². The largest absolute Gasteiger partial charge is 0.450 e. The highest BCUT2D eigenvalue weighted by molar-refractivity contribution is 5.67. The zero-order valence-corrected chi connectivity index (χ0v) is 17.7. The molecule has 154 valence electrons. The molecule has 0 saturated heterocycles. The number of ether oxygens (including phenoxy) is 1. The summed E-state index contributed by atoms with van der Waals surface area (Å²) in [5.41, 5.74) is 0. The van der Waals surface area contributed by atoms with Crippen molar-refractivity contribution >= 4 is 6.09 Å². The van der Waals surface area contributed by atoms with Crippen LogP contribution in [0.5, 0.6) is 0 Å². The molecular weight excluding hydrogens is 322 g/mol. The average molecular weight is 368 g/mol. The molecule has 3 heteroatoms. The molecule has 3 nitrogen and oxygen atoms in total. The molecule has 0 aromatic rings. The Balaban J connectivity index is 3.27. The van der Waals surface area contributed by atoms with Crippen LogP contribution in [0.4, 0.5) is 4.79 Å². The molecule has 0 radical (unpaired) electrons. The molecule has 1 N–H and O–H groups in total. The maximum atomic E-state index is 11.4. The zero-order valence-electron chi connectivity index (χ0n) is 17.7. The Kier molecular flexibility index (Phi) is 19.5. The molecule has 26 heavy (non-hydrogen) atoms. The molecule has 0 aliphatic carbocycles. The van der Waals surface area contributed by atoms with E-state index in [9.17, 15) is 4.79 Å². The van der Waals surface area contributed by atoms with Gasteiger partial charge in [0.25, 0.3) is 0 Å². The normalized spacial score (nSPS) is 11.9. The molecule has 0 aromatic carbocycles. The Morgan fingerprint density at radius 2 is 1.23 bits per heavy atom. The minimum absolute atomic E-state index is 0.0380. The standard InChI is InChI=1S/C23H45NO2/c1-4-7-8-9-10-11-12-13-14-15-16-17-18-19-20-21-22(5-2)24-23(25)26-6-3/h5,22H,2,4,6-21H2,1,3H3,(H,24,25). The van der Waals surface area contributed by atoms with Crippen molar-refractivity contribution in [1.82, 2.24) is 5.32 Å². The van der Waals surface area contributed by atoms with Crippen molar-refractivity contribution in [3.05, 3.63) is 12.7 Å². The van der Waals surface area contributed by atoms with Gasteiger partial charge in [0.05, 0.1) is 12.6 Å². The van der Waals surface area contributed by atoms with Gasteiger partial charge in [-0.05, 0) is 13.3 Å². The number of carbonyl (C=O) groups excluding carboxylic acids is 1. The van der Waals surface area contributed by atoms with Crippen molar-refractivity contribution in [3.63, 3.8) is 0 Å². The molecule has 0 aliphatic heterocycles. The van der Waals surface area contributed by atoms with E-state index in [0.29, 0.717) is 6.61 Å². The molecule has 1 unspecified atom stereocenters. The second-order valence-electron chi connectivity index (χ2n) is 7.45. The van der Waals surface area contributed by atoms with E-state index in [1.165, 1.54) is 89.9 Å². The first-order valence-corrected chi connectivity index (χ1v) is 11.3. The Hall–Kier alpha value is -0.990. The van der Waals surface area contributed by atoms with E-state index in [-0.39, 0.29) is 12.1 Å². The van der Waals surface area contributed by atoms with Crippen molar-refractivity contribution < 1.29 is 9.53 Å². The lowest BCUT2D eigenvalue weighted by Gasteiger charge is -2.14. The molecule has 0 aliphatic rings. The average Bonchev–Trinajstić information content (AvgIpc) is 2.64. The van der Waals surface area contributed by atoms with Gasteiger partial charge in [-0.15, -0.1) is 6.58 Å². The van der Waals surface area contributed by atoms with E-state index in [1.54, 1.807) is 6.08 Å². The Morgan fingerprint density at radius 3 is 1.62 bits per heavy atom. The van der Waals surface area contributed by atoms with Gasteiger partial charge in [0, 0.05) is 0 Å². The molecule has 0 saturated carbocycles. The zero-order chi connectivity index (χ0) is 19.3. The van der Waals surface area contributed by atoms with Crippen molar-refractivity contribution in [2.45, 2.75) is 123 Å². The summed E-state index contributed by atoms with van der Waals surface area (Å²) in [6.07, 6.45) is 23.0. The molecule has 0 spiro atoms. The van der Waals surface area contributed by atoms with Crippen LogP contribution in [0.3, 0.4) is 0 Å². The van der Waals surface area contributed by atoms with Gasteiger partial charge < -0.3 is 10.1 Å². The fraction of sp³-hybridized carbons (Fsp3) is 0.870. The van der Waals surface area contributed by atoms with Crippen LogP contribution >= 0.6 is 0 Å². The number of hydrogen-bond donors (Lipinski definition) is 1. The second-order valence-corrected chi connectivity index (χ2v) is 7.45. The minimum atomic E-state index is -0.335. The van der Waals surface area contributed by atoms with E-state index < -0.39 is 0 Å². The lowest BCUT2D eigenvalue weighted by Crippen LogP contribution is -2.33. The number of carbonyl (C=O) groups is 1. The van der Waals surface area contributed by atoms with Crippen molar-refractivity contribution in [2.75, 3.05) is 6.61 Å². The fourth-order valence-corrected chi connectivity index (χ4v) is 3.31. The van der Waals surface area contributed by atoms with Crippen LogP contribution in [0.2, 0.25) is 0 Å². The van der Waals surface area contributed by atoms with E-state index in [0.717, 1.165) is 12.8 Å². The van der Waals surface area contributed by atoms with Crippen LogP contribution in [0.25, 0.3) is 0 Å². The highest BCUT2D eigenvalue weighted by atomic mass is 16.5. The summed E-state index contributed by atoms with van der Waals surface area (Å²) in [6.45, 7) is 8.30. The molecule has 0 fully saturated rings. The number of nitrogens with one attached hydrogen (secondary N) is 1. The molecule has 0 bridgehead atoms. The summed E-state index contributed by atoms with van der Waals surface area (Å²) in [5, 5.41) is 2.84. The van der Waals surface area contributed by atoms with Gasteiger partial charge in [-0.25, -0.2) is 4.79 Å². The van der Waals surface area contributed by atoms with Gasteiger partial charge in [-0.1, -0.05) is 109 Å². The third kappa shape index (κ3) is 17.8. The SMILES string of the molecule is C=CC(CCCCCCCCCCCCCCCCC)NC(=O)OCC.